The number of aromatic nitrogens is 2. The van der Waals surface area contributed by atoms with Gasteiger partial charge < -0.3 is 20.9 Å². The largest absolute Gasteiger partial charge is 0.369 e. The summed E-state index contributed by atoms with van der Waals surface area (Å²) in [5.41, 5.74) is 1.96. The summed E-state index contributed by atoms with van der Waals surface area (Å²) in [6, 6.07) is 7.36. The Kier molecular flexibility index (Phi) is 9.42. The number of benzene rings is 1. The van der Waals surface area contributed by atoms with Crippen molar-refractivity contribution in [3.05, 3.63) is 52.4 Å². The van der Waals surface area contributed by atoms with Gasteiger partial charge in [0.15, 0.2) is 0 Å². The van der Waals surface area contributed by atoms with E-state index in [1.807, 2.05) is 39.0 Å². The molecular weight excluding hydrogens is 450 g/mol. The second kappa shape index (κ2) is 12.5. The van der Waals surface area contributed by atoms with Gasteiger partial charge in [0.2, 0.25) is 0 Å². The van der Waals surface area contributed by atoms with Gasteiger partial charge in [-0.25, -0.2) is 15.0 Å². The molecule has 0 saturated carbocycles. The second-order valence-electron chi connectivity index (χ2n) is 8.55. The van der Waals surface area contributed by atoms with Gasteiger partial charge in [-0.15, -0.1) is 0 Å². The number of hydrogen-bond acceptors (Lipinski definition) is 6. The molecule has 8 nitrogen and oxygen atoms in total. The van der Waals surface area contributed by atoms with Gasteiger partial charge in [-0.1, -0.05) is 30.2 Å². The average molecular weight is 484 g/mol. The Morgan fingerprint density at radius 2 is 1.85 bits per heavy atom. The normalized spacial score (nSPS) is 15.2. The molecular formula is C25H34ClN7O. The maximum absolute atomic E-state index is 12.5. The number of para-hydroxylation sites is 1. The minimum absolute atomic E-state index is 0.258. The third-order valence-electron chi connectivity index (χ3n) is 5.60. The van der Waals surface area contributed by atoms with E-state index in [-0.39, 0.29) is 5.91 Å². The van der Waals surface area contributed by atoms with Crippen molar-refractivity contribution in [2.45, 2.75) is 47.0 Å². The van der Waals surface area contributed by atoms with Crippen molar-refractivity contribution in [2.24, 2.45) is 4.99 Å². The molecule has 1 aliphatic heterocycles. The lowest BCUT2D eigenvalue weighted by Crippen LogP contribution is -2.33. The van der Waals surface area contributed by atoms with Crippen molar-refractivity contribution in [1.82, 2.24) is 14.9 Å². The number of hydrogen-bond donors (Lipinski definition) is 3. The number of nitrogens with zero attached hydrogens (tertiary/aromatic N) is 4. The van der Waals surface area contributed by atoms with Gasteiger partial charge in [-0.3, -0.25) is 4.79 Å². The molecule has 34 heavy (non-hydrogen) atoms. The van der Waals surface area contributed by atoms with Crippen LogP contribution in [0.1, 0.15) is 44.5 Å². The van der Waals surface area contributed by atoms with Gasteiger partial charge >= 0.3 is 0 Å². The van der Waals surface area contributed by atoms with Crippen molar-refractivity contribution in [3.63, 3.8) is 0 Å². The second-order valence-corrected chi connectivity index (χ2v) is 8.96. The van der Waals surface area contributed by atoms with E-state index in [0.717, 1.165) is 24.5 Å². The van der Waals surface area contributed by atoms with Crippen LogP contribution >= 0.6 is 11.6 Å². The fraction of sp³-hybridized carbons (Fsp3) is 0.440. The molecule has 1 saturated heterocycles. The first kappa shape index (κ1) is 25.6. The molecule has 0 unspecified atom stereocenters. The van der Waals surface area contributed by atoms with Gasteiger partial charge in [0, 0.05) is 30.9 Å². The summed E-state index contributed by atoms with van der Waals surface area (Å²) in [5.74, 6) is 2.45. The van der Waals surface area contributed by atoms with E-state index in [1.165, 1.54) is 38.6 Å². The van der Waals surface area contributed by atoms with E-state index >= 15 is 0 Å². The van der Waals surface area contributed by atoms with Gasteiger partial charge in [-0.05, 0) is 65.3 Å². The van der Waals surface area contributed by atoms with E-state index in [2.05, 4.69) is 35.8 Å². The van der Waals surface area contributed by atoms with E-state index in [1.54, 1.807) is 13.0 Å². The summed E-state index contributed by atoms with van der Waals surface area (Å²) in [7, 11) is 0. The van der Waals surface area contributed by atoms with Crippen LogP contribution in [0.5, 0.6) is 0 Å². The third kappa shape index (κ3) is 7.81. The van der Waals surface area contributed by atoms with E-state index in [4.69, 9.17) is 11.6 Å². The van der Waals surface area contributed by atoms with Crippen LogP contribution < -0.4 is 16.0 Å². The van der Waals surface area contributed by atoms with Crippen LogP contribution in [0, 0.1) is 13.8 Å². The first-order valence-corrected chi connectivity index (χ1v) is 12.1. The Hall–Kier alpha value is -2.97. The number of halogens is 1. The highest BCUT2D eigenvalue weighted by Gasteiger charge is 2.11. The Morgan fingerprint density at radius 1 is 1.12 bits per heavy atom. The lowest BCUT2D eigenvalue weighted by molar-refractivity contribution is -0.112. The van der Waals surface area contributed by atoms with Crippen molar-refractivity contribution < 1.29 is 4.79 Å². The first-order valence-electron chi connectivity index (χ1n) is 11.7. The molecule has 1 aromatic heterocycles. The number of carbonyl (C=O) groups excluding carboxylic acids is 1. The number of anilines is 3. The zero-order valence-electron chi connectivity index (χ0n) is 20.4. The molecule has 0 bridgehead atoms. The number of carbonyl (C=O) groups is 1. The van der Waals surface area contributed by atoms with Crippen molar-refractivity contribution in [3.8, 4) is 0 Å². The lowest BCUT2D eigenvalue weighted by atomic mass is 10.1. The molecule has 1 amide bonds. The van der Waals surface area contributed by atoms with E-state index in [0.29, 0.717) is 33.8 Å². The summed E-state index contributed by atoms with van der Waals surface area (Å²) in [6.07, 6.45) is 5.43. The Bertz CT molecular complexity index is 1040. The average Bonchev–Trinajstić information content (AvgIpc) is 2.80. The Labute approximate surface area is 206 Å². The van der Waals surface area contributed by atoms with E-state index < -0.39 is 0 Å². The lowest BCUT2D eigenvalue weighted by Gasteiger charge is -2.26. The Balaban J connectivity index is 1.57. The molecule has 0 atom stereocenters. The minimum Gasteiger partial charge on any atom is -0.369 e. The number of aryl methyl sites for hydroxylation is 2. The number of piperidine rings is 1. The Morgan fingerprint density at radius 3 is 2.59 bits per heavy atom. The molecule has 1 aromatic carbocycles. The van der Waals surface area contributed by atoms with Crippen LogP contribution in [0.2, 0.25) is 5.02 Å². The molecule has 1 fully saturated rings. The third-order valence-corrected chi connectivity index (χ3v) is 5.92. The van der Waals surface area contributed by atoms with Crippen molar-refractivity contribution >= 4 is 40.7 Å². The van der Waals surface area contributed by atoms with E-state index in [9.17, 15) is 4.79 Å². The zero-order valence-corrected chi connectivity index (χ0v) is 21.2. The van der Waals surface area contributed by atoms with Gasteiger partial charge in [0.1, 0.15) is 23.3 Å². The van der Waals surface area contributed by atoms with Gasteiger partial charge in [0.25, 0.3) is 5.91 Å². The van der Waals surface area contributed by atoms with Gasteiger partial charge in [-0.2, -0.15) is 0 Å². The fourth-order valence-electron chi connectivity index (χ4n) is 3.72. The number of aliphatic imine (C=N–C) groups is 1. The summed E-state index contributed by atoms with van der Waals surface area (Å²) in [4.78, 5) is 28.3. The highest BCUT2D eigenvalue weighted by Crippen LogP contribution is 2.25. The minimum atomic E-state index is -0.258. The number of likely N-dealkylation sites (tertiary alicyclic amines) is 1. The summed E-state index contributed by atoms with van der Waals surface area (Å²) in [6.45, 7) is 11.5. The maximum atomic E-state index is 12.5. The molecule has 9 heteroatoms. The molecule has 3 rings (SSSR count). The predicted octanol–water partition coefficient (Wildman–Crippen LogP) is 5.02. The van der Waals surface area contributed by atoms with Gasteiger partial charge in [0.05, 0.1) is 10.7 Å². The molecule has 2 heterocycles. The van der Waals surface area contributed by atoms with Crippen molar-refractivity contribution in [1.29, 1.82) is 0 Å². The number of rotatable bonds is 8. The van der Waals surface area contributed by atoms with Crippen LogP contribution in [-0.2, 0) is 4.79 Å². The summed E-state index contributed by atoms with van der Waals surface area (Å²) >= 11 is 6.20. The highest BCUT2D eigenvalue weighted by atomic mass is 35.5. The van der Waals surface area contributed by atoms with Crippen LogP contribution in [0.15, 0.2) is 41.0 Å². The number of amidine groups is 1. The maximum Gasteiger partial charge on any atom is 0.252 e. The van der Waals surface area contributed by atoms with Crippen molar-refractivity contribution in [2.75, 3.05) is 42.1 Å². The quantitative estimate of drug-likeness (QED) is 0.277. The molecule has 0 aliphatic carbocycles. The molecule has 3 N–H and O–H groups in total. The molecule has 0 spiro atoms. The molecule has 1 aliphatic rings. The van der Waals surface area contributed by atoms with Crippen LogP contribution in [0.3, 0.4) is 0 Å². The molecule has 0 radical (unpaired) electrons. The highest BCUT2D eigenvalue weighted by molar-refractivity contribution is 6.34. The van der Waals surface area contributed by atoms with Crippen LogP contribution in [0.4, 0.5) is 17.3 Å². The molecule has 2 aromatic rings. The number of nitrogens with one attached hydrogen (secondary N) is 3. The first-order chi connectivity index (χ1) is 16.3. The monoisotopic (exact) mass is 483 g/mol. The SMILES string of the molecule is CC(=N/C=C(\C)C(=O)Nc1c(C)cccc1Cl)Nc1cc(NCCN2CCCCC2)nc(C)n1. The molecule has 182 valence electrons. The zero-order chi connectivity index (χ0) is 24.5. The fourth-order valence-corrected chi connectivity index (χ4v) is 3.99. The topological polar surface area (TPSA) is 94.5 Å². The standard InChI is InChI=1S/C25H34ClN7O/c1-17-9-8-10-21(26)24(17)32-25(34)18(2)16-28-19(3)29-23-15-22(30-20(4)31-23)27-11-14-33-12-6-5-7-13-33/h8-10,15-16H,5-7,11-14H2,1-4H3,(H,32,34)(H2,27,28,29,30,31)/b18-16+. The van der Waals surface area contributed by atoms with Crippen LogP contribution in [-0.4, -0.2) is 52.8 Å². The predicted molar refractivity (Wildman–Crippen MR) is 141 cm³/mol. The summed E-state index contributed by atoms with van der Waals surface area (Å²) in [5, 5.41) is 9.92. The smallest absolute Gasteiger partial charge is 0.252 e. The summed E-state index contributed by atoms with van der Waals surface area (Å²) < 4.78 is 0. The number of amides is 1. The van der Waals surface area contributed by atoms with Crippen LogP contribution in [0.25, 0.3) is 0 Å².